The van der Waals surface area contributed by atoms with Gasteiger partial charge in [-0.05, 0) is 160 Å². The van der Waals surface area contributed by atoms with Crippen LogP contribution in [0, 0.1) is 6.92 Å². The lowest BCUT2D eigenvalue weighted by molar-refractivity contribution is 0.692. The Morgan fingerprint density at radius 2 is 1.01 bits per heavy atom. The van der Waals surface area contributed by atoms with E-state index < -0.39 is 0 Å². The summed E-state index contributed by atoms with van der Waals surface area (Å²) in [4.78, 5) is 4.99. The smallest absolute Gasteiger partial charge is 0.0676 e. The number of para-hydroxylation sites is 1. The van der Waals surface area contributed by atoms with E-state index in [0.29, 0.717) is 0 Å². The number of rotatable bonds is 9. The number of nitrogens with zero attached hydrogens (tertiary/aromatic N) is 2. The highest BCUT2D eigenvalue weighted by atomic mass is 15.2. The van der Waals surface area contributed by atoms with Crippen LogP contribution in [0.2, 0.25) is 0 Å². The minimum absolute atomic E-state index is 0.235. The van der Waals surface area contributed by atoms with Crippen LogP contribution in [0.15, 0.2) is 285 Å². The SMILES string of the molecule is CC.Cc1ccc(N(c2ccccc2)c2ccc(C3=CCCC=C3c3ccc4c(c3)N(c3ccc5c(c3)-c3ccccc3C5(C3=CC=CCC3)c3ccccc3)C3CC=CC=C43)cc2)cc1.c1ccc(-c2ccccc2)cc1. The highest BCUT2D eigenvalue weighted by Gasteiger charge is 2.47. The molecule has 5 aliphatic rings. The van der Waals surface area contributed by atoms with Crippen molar-refractivity contribution in [3.8, 4) is 22.3 Å². The summed E-state index contributed by atoms with van der Waals surface area (Å²) in [6.07, 6.45) is 24.0. The van der Waals surface area contributed by atoms with Gasteiger partial charge < -0.3 is 9.80 Å². The van der Waals surface area contributed by atoms with E-state index in [0.717, 1.165) is 49.2 Å². The standard InChI is InChI=1S/C62H50N2.C12H10.C2H6/c1-43-29-34-49(35-30-43)63(48-21-9-4-10-22-48)50-36-31-44(32-37-50)52-23-11-12-24-53(52)45-33-39-56-55-26-14-16-28-60(55)64(61(56)41-45)51-38-40-59-57(42-51)54-25-13-15-27-58(54)62(59,46-17-5-2-6-18-46)47-19-7-3-8-20-47;1-3-7-11(8-4-1)12-9-5-2-6-10-12;1-2/h2-7,9-10,13-19,21-27,29-42,60H,8,11-12,20,28H2,1H3;1-10H;1-2H3. The maximum absolute atomic E-state index is 2.65. The van der Waals surface area contributed by atoms with Crippen molar-refractivity contribution in [1.82, 2.24) is 0 Å². The molecule has 0 radical (unpaired) electrons. The lowest BCUT2D eigenvalue weighted by Gasteiger charge is -2.37. The molecule has 2 unspecified atom stereocenters. The van der Waals surface area contributed by atoms with E-state index in [4.69, 9.17) is 0 Å². The highest BCUT2D eigenvalue weighted by molar-refractivity contribution is 6.07. The molecule has 78 heavy (non-hydrogen) atoms. The Bertz CT molecular complexity index is 3730. The van der Waals surface area contributed by atoms with Gasteiger partial charge in [0.15, 0.2) is 0 Å². The monoisotopic (exact) mass is 1010 g/mol. The summed E-state index contributed by atoms with van der Waals surface area (Å²) in [6, 6.07) is 84.7. The molecule has 2 nitrogen and oxygen atoms in total. The van der Waals surface area contributed by atoms with Crippen LogP contribution in [0.3, 0.4) is 0 Å². The van der Waals surface area contributed by atoms with Crippen molar-refractivity contribution in [2.24, 2.45) is 0 Å². The van der Waals surface area contributed by atoms with Gasteiger partial charge in [-0.2, -0.15) is 0 Å². The zero-order valence-electron chi connectivity index (χ0n) is 45.1. The number of anilines is 5. The first-order valence-corrected chi connectivity index (χ1v) is 28.1. The van der Waals surface area contributed by atoms with E-state index in [1.165, 1.54) is 94.9 Å². The summed E-state index contributed by atoms with van der Waals surface area (Å²) in [5, 5.41) is 0. The molecule has 0 bridgehead atoms. The Morgan fingerprint density at radius 1 is 0.449 bits per heavy atom. The van der Waals surface area contributed by atoms with E-state index >= 15 is 0 Å². The molecule has 1 aliphatic heterocycles. The minimum atomic E-state index is -0.333. The summed E-state index contributed by atoms with van der Waals surface area (Å²) < 4.78 is 0. The molecular formula is C76H66N2. The number of benzene rings is 9. The Kier molecular flexibility index (Phi) is 14.3. The van der Waals surface area contributed by atoms with Crippen molar-refractivity contribution in [3.05, 3.63) is 324 Å². The van der Waals surface area contributed by atoms with E-state index in [2.05, 4.69) is 284 Å². The fourth-order valence-electron chi connectivity index (χ4n) is 12.6. The molecule has 2 heteroatoms. The summed E-state index contributed by atoms with van der Waals surface area (Å²) in [6.45, 7) is 6.14. The summed E-state index contributed by atoms with van der Waals surface area (Å²) >= 11 is 0. The Hall–Kier alpha value is -8.98. The first-order chi connectivity index (χ1) is 38.6. The van der Waals surface area contributed by atoms with Crippen LogP contribution in [-0.4, -0.2) is 6.04 Å². The highest BCUT2D eigenvalue weighted by Crippen LogP contribution is 2.59. The van der Waals surface area contributed by atoms with Crippen molar-refractivity contribution in [2.75, 3.05) is 9.80 Å². The van der Waals surface area contributed by atoms with E-state index in [-0.39, 0.29) is 11.5 Å². The third kappa shape index (κ3) is 9.22. The number of hydrogen-bond acceptors (Lipinski definition) is 2. The normalized spacial score (nSPS) is 17.3. The van der Waals surface area contributed by atoms with Gasteiger partial charge in [0.25, 0.3) is 0 Å². The molecular weight excluding hydrogens is 941 g/mol. The van der Waals surface area contributed by atoms with E-state index in [1.807, 2.05) is 26.0 Å². The minimum Gasteiger partial charge on any atom is -0.333 e. The number of fused-ring (bicyclic) bond motifs is 6. The predicted octanol–water partition coefficient (Wildman–Crippen LogP) is 20.6. The molecule has 0 fully saturated rings. The Morgan fingerprint density at radius 3 is 1.68 bits per heavy atom. The van der Waals surface area contributed by atoms with E-state index in [1.54, 1.807) is 0 Å². The van der Waals surface area contributed by atoms with Gasteiger partial charge in [0.2, 0.25) is 0 Å². The lowest BCUT2D eigenvalue weighted by atomic mass is 9.65. The van der Waals surface area contributed by atoms with Gasteiger partial charge in [-0.3, -0.25) is 0 Å². The number of allylic oxidation sites excluding steroid dienone is 10. The molecule has 14 rings (SSSR count). The van der Waals surface area contributed by atoms with Gasteiger partial charge in [0.05, 0.1) is 11.5 Å². The largest absolute Gasteiger partial charge is 0.333 e. The van der Waals surface area contributed by atoms with E-state index in [9.17, 15) is 0 Å². The van der Waals surface area contributed by atoms with Crippen LogP contribution in [0.1, 0.15) is 84.9 Å². The summed E-state index contributed by atoms with van der Waals surface area (Å²) in [5.41, 5.74) is 25.6. The van der Waals surface area contributed by atoms with Gasteiger partial charge in [-0.25, -0.2) is 0 Å². The van der Waals surface area contributed by atoms with Crippen LogP contribution >= 0.6 is 0 Å². The van der Waals surface area contributed by atoms with Crippen LogP contribution in [-0.2, 0) is 5.41 Å². The first kappa shape index (κ1) is 49.9. The van der Waals surface area contributed by atoms with Crippen molar-refractivity contribution < 1.29 is 0 Å². The molecule has 9 aromatic rings. The van der Waals surface area contributed by atoms with Crippen LogP contribution in [0.4, 0.5) is 28.4 Å². The van der Waals surface area contributed by atoms with Crippen molar-refractivity contribution in [1.29, 1.82) is 0 Å². The number of hydrogen-bond donors (Lipinski definition) is 0. The quantitative estimate of drug-likeness (QED) is 0.142. The van der Waals surface area contributed by atoms with Crippen LogP contribution in [0.25, 0.3) is 39.0 Å². The lowest BCUT2D eigenvalue weighted by Crippen LogP contribution is -2.30. The molecule has 4 aliphatic carbocycles. The van der Waals surface area contributed by atoms with Gasteiger partial charge in [-0.1, -0.05) is 250 Å². The Labute approximate surface area is 462 Å². The Balaban J connectivity index is 0.000000381. The average molecular weight is 1010 g/mol. The maximum Gasteiger partial charge on any atom is 0.0676 e. The molecule has 9 aromatic carbocycles. The van der Waals surface area contributed by atoms with Crippen LogP contribution < -0.4 is 9.80 Å². The second kappa shape index (κ2) is 22.3. The third-order valence-electron chi connectivity index (χ3n) is 16.1. The van der Waals surface area contributed by atoms with Crippen molar-refractivity contribution in [3.63, 3.8) is 0 Å². The maximum atomic E-state index is 2.65. The van der Waals surface area contributed by atoms with Gasteiger partial charge in [0, 0.05) is 34.0 Å². The van der Waals surface area contributed by atoms with Crippen molar-refractivity contribution >= 4 is 45.2 Å². The molecule has 0 saturated carbocycles. The average Bonchev–Trinajstić information content (AvgIpc) is 4.24. The molecule has 1 heterocycles. The second-order valence-corrected chi connectivity index (χ2v) is 20.6. The fourth-order valence-corrected chi connectivity index (χ4v) is 12.6. The van der Waals surface area contributed by atoms with Gasteiger partial charge in [-0.15, -0.1) is 0 Å². The summed E-state index contributed by atoms with van der Waals surface area (Å²) in [7, 11) is 0. The predicted molar refractivity (Wildman–Crippen MR) is 333 cm³/mol. The molecule has 0 amide bonds. The zero-order chi connectivity index (χ0) is 52.8. The van der Waals surface area contributed by atoms with Crippen LogP contribution in [0.5, 0.6) is 0 Å². The summed E-state index contributed by atoms with van der Waals surface area (Å²) in [5.74, 6) is 0. The van der Waals surface area contributed by atoms with Gasteiger partial charge >= 0.3 is 0 Å². The van der Waals surface area contributed by atoms with Gasteiger partial charge in [0.1, 0.15) is 0 Å². The molecule has 380 valence electrons. The second-order valence-electron chi connectivity index (χ2n) is 20.6. The molecule has 0 saturated heterocycles. The molecule has 0 aromatic heterocycles. The number of aryl methyl sites for hydroxylation is 1. The topological polar surface area (TPSA) is 6.48 Å². The zero-order valence-corrected chi connectivity index (χ0v) is 45.1. The molecule has 2 atom stereocenters. The fraction of sp³-hybridized carbons (Fsp3) is 0.132. The van der Waals surface area contributed by atoms with Crippen molar-refractivity contribution in [2.45, 2.75) is 64.3 Å². The molecule has 0 spiro atoms. The molecule has 0 N–H and O–H groups in total. The first-order valence-electron chi connectivity index (χ1n) is 28.1. The third-order valence-corrected chi connectivity index (χ3v) is 16.1.